The molecule has 0 heterocycles. The second-order valence-corrected chi connectivity index (χ2v) is 6.43. The van der Waals surface area contributed by atoms with E-state index in [1.165, 1.54) is 19.3 Å². The highest BCUT2D eigenvalue weighted by molar-refractivity contribution is 5.69. The molecule has 0 atom stereocenters. The van der Waals surface area contributed by atoms with Crippen molar-refractivity contribution >= 4 is 5.97 Å². The van der Waals surface area contributed by atoms with Crippen molar-refractivity contribution in [2.75, 3.05) is 46.2 Å². The highest BCUT2D eigenvalue weighted by Gasteiger charge is 2.02. The van der Waals surface area contributed by atoms with E-state index in [4.69, 9.17) is 18.9 Å². The Morgan fingerprint density at radius 2 is 1.38 bits per heavy atom. The molecule has 0 unspecified atom stereocenters. The zero-order valence-electron chi connectivity index (χ0n) is 16.0. The summed E-state index contributed by atoms with van der Waals surface area (Å²) < 4.78 is 21.4. The molecule has 0 saturated carbocycles. The van der Waals surface area contributed by atoms with Crippen molar-refractivity contribution in [2.24, 2.45) is 5.92 Å². The first-order valence-electron chi connectivity index (χ1n) is 9.55. The monoisotopic (exact) mass is 346 g/mol. The largest absolute Gasteiger partial charge is 0.466 e. The molecule has 0 aromatic rings. The lowest BCUT2D eigenvalue weighted by atomic mass is 10.2. The fraction of sp³-hybridized carbons (Fsp3) is 0.947. The Balaban J connectivity index is 3.14. The number of carbonyl (C=O) groups excluding carboxylic acids is 1. The van der Waals surface area contributed by atoms with E-state index in [9.17, 15) is 4.79 Å². The van der Waals surface area contributed by atoms with Gasteiger partial charge in [0.05, 0.1) is 33.0 Å². The lowest BCUT2D eigenvalue weighted by Crippen LogP contribution is -2.12. The Labute approximate surface area is 148 Å². The summed E-state index contributed by atoms with van der Waals surface area (Å²) in [6, 6.07) is 0. The molecule has 0 saturated heterocycles. The zero-order valence-corrected chi connectivity index (χ0v) is 16.0. The van der Waals surface area contributed by atoms with Crippen LogP contribution in [0.15, 0.2) is 0 Å². The van der Waals surface area contributed by atoms with Crippen LogP contribution in [0.2, 0.25) is 0 Å². The molecule has 0 N–H and O–H groups in total. The Morgan fingerprint density at radius 1 is 0.750 bits per heavy atom. The maximum atomic E-state index is 11.5. The van der Waals surface area contributed by atoms with Crippen molar-refractivity contribution in [3.05, 3.63) is 0 Å². The zero-order chi connectivity index (χ0) is 17.9. The van der Waals surface area contributed by atoms with Crippen LogP contribution in [-0.4, -0.2) is 52.2 Å². The van der Waals surface area contributed by atoms with Gasteiger partial charge in [-0.2, -0.15) is 0 Å². The minimum Gasteiger partial charge on any atom is -0.466 e. The smallest absolute Gasteiger partial charge is 0.305 e. The van der Waals surface area contributed by atoms with E-state index in [0.717, 1.165) is 19.4 Å². The highest BCUT2D eigenvalue weighted by Crippen LogP contribution is 2.03. The van der Waals surface area contributed by atoms with Crippen molar-refractivity contribution < 1.29 is 23.7 Å². The molecule has 0 fully saturated rings. The molecule has 0 amide bonds. The number of rotatable bonds is 18. The molecular formula is C19H38O5. The topological polar surface area (TPSA) is 54.0 Å². The number of ether oxygens (including phenoxy) is 4. The number of unbranched alkanes of at least 4 members (excludes halogenated alkanes) is 4. The van der Waals surface area contributed by atoms with E-state index in [0.29, 0.717) is 58.4 Å². The molecule has 5 nitrogen and oxygen atoms in total. The van der Waals surface area contributed by atoms with E-state index >= 15 is 0 Å². The van der Waals surface area contributed by atoms with Gasteiger partial charge in [0.1, 0.15) is 0 Å². The minimum atomic E-state index is -0.118. The first-order chi connectivity index (χ1) is 11.7. The third kappa shape index (κ3) is 19.4. The molecule has 0 bridgehead atoms. The number of esters is 1. The van der Waals surface area contributed by atoms with E-state index in [2.05, 4.69) is 20.8 Å². The van der Waals surface area contributed by atoms with Gasteiger partial charge in [-0.1, -0.05) is 46.5 Å². The van der Waals surface area contributed by atoms with E-state index < -0.39 is 0 Å². The highest BCUT2D eigenvalue weighted by atomic mass is 16.5. The fourth-order valence-electron chi connectivity index (χ4n) is 2.04. The molecule has 0 spiro atoms. The van der Waals surface area contributed by atoms with Crippen LogP contribution >= 0.6 is 0 Å². The first kappa shape index (κ1) is 23.4. The Morgan fingerprint density at radius 3 is 2.04 bits per heavy atom. The molecule has 0 aliphatic rings. The van der Waals surface area contributed by atoms with Gasteiger partial charge in [0.2, 0.25) is 0 Å². The predicted octanol–water partition coefficient (Wildman–Crippen LogP) is 3.99. The van der Waals surface area contributed by atoms with Crippen LogP contribution in [0.5, 0.6) is 0 Å². The molecule has 0 rings (SSSR count). The molecule has 24 heavy (non-hydrogen) atoms. The first-order valence-corrected chi connectivity index (χ1v) is 9.55. The lowest BCUT2D eigenvalue weighted by molar-refractivity contribution is -0.144. The quantitative estimate of drug-likeness (QED) is 0.277. The van der Waals surface area contributed by atoms with Gasteiger partial charge in [0.25, 0.3) is 0 Å². The fourth-order valence-corrected chi connectivity index (χ4v) is 2.04. The molecule has 144 valence electrons. The van der Waals surface area contributed by atoms with Crippen LogP contribution < -0.4 is 0 Å². The Hall–Kier alpha value is -0.650. The predicted molar refractivity (Wildman–Crippen MR) is 96.2 cm³/mol. The van der Waals surface area contributed by atoms with Gasteiger partial charge in [-0.05, 0) is 18.8 Å². The number of hydrogen-bond acceptors (Lipinski definition) is 5. The lowest BCUT2D eigenvalue weighted by Gasteiger charge is -2.08. The molecule has 0 aromatic carbocycles. The van der Waals surface area contributed by atoms with Gasteiger partial charge in [-0.25, -0.2) is 0 Å². The molecule has 0 aliphatic carbocycles. The van der Waals surface area contributed by atoms with Crippen molar-refractivity contribution in [3.63, 3.8) is 0 Å². The van der Waals surface area contributed by atoms with Crippen LogP contribution in [-0.2, 0) is 23.7 Å². The third-order valence-electron chi connectivity index (χ3n) is 3.38. The van der Waals surface area contributed by atoms with Crippen molar-refractivity contribution in [2.45, 2.75) is 65.7 Å². The second kappa shape index (κ2) is 18.7. The molecular weight excluding hydrogens is 308 g/mol. The summed E-state index contributed by atoms with van der Waals surface area (Å²) in [5.41, 5.74) is 0. The maximum absolute atomic E-state index is 11.5. The standard InChI is InChI=1S/C19H38O5/c1-4-5-6-7-8-12-24-19(20)10-9-11-21-13-14-22-15-16-23-17-18(2)3/h18H,4-17H2,1-3H3. The molecule has 0 radical (unpaired) electrons. The summed E-state index contributed by atoms with van der Waals surface area (Å²) in [7, 11) is 0. The minimum absolute atomic E-state index is 0.118. The number of hydrogen-bond donors (Lipinski definition) is 0. The average molecular weight is 347 g/mol. The SMILES string of the molecule is CCCCCCCOC(=O)CCCOCCOCCOCC(C)C. The van der Waals surface area contributed by atoms with E-state index in [-0.39, 0.29) is 5.97 Å². The summed E-state index contributed by atoms with van der Waals surface area (Å²) in [6.45, 7) is 10.7. The van der Waals surface area contributed by atoms with E-state index in [1.807, 2.05) is 0 Å². The van der Waals surface area contributed by atoms with Gasteiger partial charge < -0.3 is 18.9 Å². The van der Waals surface area contributed by atoms with Crippen LogP contribution in [0.25, 0.3) is 0 Å². The summed E-state index contributed by atoms with van der Waals surface area (Å²) in [5, 5.41) is 0. The Kier molecular flexibility index (Phi) is 18.2. The summed E-state index contributed by atoms with van der Waals surface area (Å²) in [4.78, 5) is 11.5. The number of carbonyl (C=O) groups is 1. The molecule has 0 aromatic heterocycles. The van der Waals surface area contributed by atoms with E-state index in [1.54, 1.807) is 0 Å². The van der Waals surface area contributed by atoms with Crippen LogP contribution in [0, 0.1) is 5.92 Å². The summed E-state index contributed by atoms with van der Waals surface area (Å²) >= 11 is 0. The van der Waals surface area contributed by atoms with Gasteiger partial charge >= 0.3 is 5.97 Å². The van der Waals surface area contributed by atoms with Gasteiger partial charge in [-0.3, -0.25) is 4.79 Å². The maximum Gasteiger partial charge on any atom is 0.305 e. The average Bonchev–Trinajstić information content (AvgIpc) is 2.55. The van der Waals surface area contributed by atoms with Gasteiger partial charge in [-0.15, -0.1) is 0 Å². The third-order valence-corrected chi connectivity index (χ3v) is 3.38. The molecule has 0 aliphatic heterocycles. The van der Waals surface area contributed by atoms with Crippen LogP contribution in [0.4, 0.5) is 0 Å². The normalized spacial score (nSPS) is 11.2. The molecule has 5 heteroatoms. The van der Waals surface area contributed by atoms with Crippen molar-refractivity contribution in [3.8, 4) is 0 Å². The summed E-state index contributed by atoms with van der Waals surface area (Å²) in [6.07, 6.45) is 6.97. The van der Waals surface area contributed by atoms with Crippen molar-refractivity contribution in [1.82, 2.24) is 0 Å². The van der Waals surface area contributed by atoms with Gasteiger partial charge in [0, 0.05) is 19.6 Å². The van der Waals surface area contributed by atoms with Crippen LogP contribution in [0.1, 0.15) is 65.7 Å². The van der Waals surface area contributed by atoms with Crippen molar-refractivity contribution in [1.29, 1.82) is 0 Å². The summed E-state index contributed by atoms with van der Waals surface area (Å²) in [5.74, 6) is 0.439. The van der Waals surface area contributed by atoms with Gasteiger partial charge in [0.15, 0.2) is 0 Å². The Bertz CT molecular complexity index is 268. The second-order valence-electron chi connectivity index (χ2n) is 6.43. The van der Waals surface area contributed by atoms with Crippen LogP contribution in [0.3, 0.4) is 0 Å².